The van der Waals surface area contributed by atoms with Crippen molar-refractivity contribution < 1.29 is 12.8 Å². The molecule has 0 aliphatic carbocycles. The van der Waals surface area contributed by atoms with Crippen molar-refractivity contribution in [2.75, 3.05) is 0 Å². The van der Waals surface area contributed by atoms with E-state index in [4.69, 9.17) is 4.42 Å². The minimum atomic E-state index is -3.64. The van der Waals surface area contributed by atoms with Gasteiger partial charge in [0, 0.05) is 12.6 Å². The minimum Gasteiger partial charge on any atom is -0.408 e. The zero-order chi connectivity index (χ0) is 14.2. The molecule has 0 bridgehead atoms. The number of fused-ring (bicyclic) bond motifs is 1. The molecule has 0 saturated heterocycles. The van der Waals surface area contributed by atoms with E-state index in [0.29, 0.717) is 5.52 Å². The number of rotatable bonds is 4. The Hall–Kier alpha value is -1.90. The summed E-state index contributed by atoms with van der Waals surface area (Å²) in [5.41, 5.74) is 1.58. The topological polar surface area (TPSA) is 92.2 Å². The molecule has 2 N–H and O–H groups in total. The summed E-state index contributed by atoms with van der Waals surface area (Å²) in [6, 6.07) is 6.09. The number of H-pyrrole nitrogens is 1. The van der Waals surface area contributed by atoms with Gasteiger partial charge >= 0.3 is 5.76 Å². The fourth-order valence-electron chi connectivity index (χ4n) is 1.75. The molecule has 0 amide bonds. The number of sulfonamides is 1. The van der Waals surface area contributed by atoms with Crippen LogP contribution in [-0.4, -0.2) is 13.4 Å². The average Bonchev–Trinajstić information content (AvgIpc) is 3.03. The summed E-state index contributed by atoms with van der Waals surface area (Å²) in [6.45, 7) is 0.223. The van der Waals surface area contributed by atoms with Gasteiger partial charge in [0.15, 0.2) is 5.58 Å². The largest absolute Gasteiger partial charge is 0.417 e. The fourth-order valence-corrected chi connectivity index (χ4v) is 3.45. The molecule has 0 aliphatic rings. The molecule has 6 nitrogen and oxygen atoms in total. The van der Waals surface area contributed by atoms with Crippen LogP contribution in [0, 0.1) is 0 Å². The van der Waals surface area contributed by atoms with E-state index in [1.165, 1.54) is 29.5 Å². The molecule has 8 heteroatoms. The van der Waals surface area contributed by atoms with Gasteiger partial charge in [0.2, 0.25) is 10.0 Å². The third-order valence-corrected chi connectivity index (χ3v) is 4.88. The molecule has 0 spiro atoms. The van der Waals surface area contributed by atoms with Gasteiger partial charge in [-0.05, 0) is 34.5 Å². The second kappa shape index (κ2) is 4.89. The highest BCUT2D eigenvalue weighted by molar-refractivity contribution is 7.89. The van der Waals surface area contributed by atoms with Crippen LogP contribution in [0.15, 0.2) is 49.1 Å². The number of nitrogens with one attached hydrogen (secondary N) is 2. The predicted molar refractivity (Wildman–Crippen MR) is 75.2 cm³/mol. The normalized spacial score (nSPS) is 12.0. The molecular weight excluding hydrogens is 300 g/mol. The van der Waals surface area contributed by atoms with E-state index < -0.39 is 15.8 Å². The summed E-state index contributed by atoms with van der Waals surface area (Å²) >= 11 is 1.50. The third kappa shape index (κ3) is 2.53. The maximum Gasteiger partial charge on any atom is 0.417 e. The number of hydrogen-bond acceptors (Lipinski definition) is 5. The monoisotopic (exact) mass is 310 g/mol. The zero-order valence-electron chi connectivity index (χ0n) is 10.1. The van der Waals surface area contributed by atoms with Crippen molar-refractivity contribution >= 4 is 32.5 Å². The Balaban J connectivity index is 1.90. The summed E-state index contributed by atoms with van der Waals surface area (Å²) in [7, 11) is -3.64. The maximum absolute atomic E-state index is 12.1. The van der Waals surface area contributed by atoms with Crippen molar-refractivity contribution in [2.24, 2.45) is 0 Å². The van der Waals surface area contributed by atoms with E-state index in [0.717, 1.165) is 5.56 Å². The van der Waals surface area contributed by atoms with Crippen molar-refractivity contribution in [1.29, 1.82) is 0 Å². The van der Waals surface area contributed by atoms with Gasteiger partial charge < -0.3 is 4.42 Å². The Labute approximate surface area is 118 Å². The van der Waals surface area contributed by atoms with Crippen LogP contribution in [0.5, 0.6) is 0 Å². The average molecular weight is 310 g/mol. The third-order valence-electron chi connectivity index (χ3n) is 2.75. The van der Waals surface area contributed by atoms with Crippen LogP contribution < -0.4 is 10.5 Å². The number of thiophene rings is 1. The molecule has 0 radical (unpaired) electrons. The molecular formula is C12H10N2O4S2. The van der Waals surface area contributed by atoms with Crippen LogP contribution in [0.3, 0.4) is 0 Å². The molecule has 2 aromatic heterocycles. The second-order valence-electron chi connectivity index (χ2n) is 4.13. The summed E-state index contributed by atoms with van der Waals surface area (Å²) in [5.74, 6) is -0.610. The van der Waals surface area contributed by atoms with E-state index in [1.54, 1.807) is 0 Å². The second-order valence-corrected chi connectivity index (χ2v) is 6.68. The van der Waals surface area contributed by atoms with Gasteiger partial charge in [-0.25, -0.2) is 17.9 Å². The van der Waals surface area contributed by atoms with E-state index in [9.17, 15) is 13.2 Å². The molecule has 0 atom stereocenters. The molecule has 20 heavy (non-hydrogen) atoms. The van der Waals surface area contributed by atoms with Gasteiger partial charge in [-0.15, -0.1) is 0 Å². The van der Waals surface area contributed by atoms with Gasteiger partial charge in [0.05, 0.1) is 10.4 Å². The zero-order valence-corrected chi connectivity index (χ0v) is 11.8. The minimum absolute atomic E-state index is 0.0583. The van der Waals surface area contributed by atoms with E-state index in [2.05, 4.69) is 9.71 Å². The maximum atomic E-state index is 12.1. The van der Waals surface area contributed by atoms with Gasteiger partial charge in [-0.3, -0.25) is 4.98 Å². The predicted octanol–water partition coefficient (Wildman–Crippen LogP) is 1.66. The van der Waals surface area contributed by atoms with Crippen LogP contribution in [0.1, 0.15) is 5.56 Å². The van der Waals surface area contributed by atoms with Crippen LogP contribution in [-0.2, 0) is 16.6 Å². The van der Waals surface area contributed by atoms with Crippen LogP contribution in [0.25, 0.3) is 11.1 Å². The fraction of sp³-hybridized carbons (Fsp3) is 0.0833. The lowest BCUT2D eigenvalue weighted by Gasteiger charge is -2.05. The lowest BCUT2D eigenvalue weighted by Crippen LogP contribution is -2.22. The van der Waals surface area contributed by atoms with E-state index in [-0.39, 0.29) is 17.0 Å². The van der Waals surface area contributed by atoms with Crippen molar-refractivity contribution in [1.82, 2.24) is 9.71 Å². The highest BCUT2D eigenvalue weighted by atomic mass is 32.2. The highest BCUT2D eigenvalue weighted by Gasteiger charge is 2.15. The van der Waals surface area contributed by atoms with E-state index >= 15 is 0 Å². The van der Waals surface area contributed by atoms with Crippen molar-refractivity contribution in [2.45, 2.75) is 11.4 Å². The Kier molecular flexibility index (Phi) is 3.20. The SMILES string of the molecule is O=c1[nH]c2ccc(S(=O)(=O)NCc3ccsc3)cc2o1. The van der Waals surface area contributed by atoms with Crippen LogP contribution in [0.4, 0.5) is 0 Å². The molecule has 2 heterocycles. The highest BCUT2D eigenvalue weighted by Crippen LogP contribution is 2.17. The van der Waals surface area contributed by atoms with Crippen molar-refractivity contribution in [3.63, 3.8) is 0 Å². The Morgan fingerprint density at radius 3 is 2.90 bits per heavy atom. The molecule has 0 fully saturated rings. The first kappa shape index (κ1) is 13.1. The molecule has 3 aromatic rings. The summed E-state index contributed by atoms with van der Waals surface area (Å²) in [6.07, 6.45) is 0. The van der Waals surface area contributed by atoms with Crippen LogP contribution in [0.2, 0.25) is 0 Å². The van der Waals surface area contributed by atoms with Crippen molar-refractivity contribution in [3.8, 4) is 0 Å². The van der Waals surface area contributed by atoms with Gasteiger partial charge in [0.1, 0.15) is 0 Å². The molecule has 0 unspecified atom stereocenters. The van der Waals surface area contributed by atoms with Gasteiger partial charge in [-0.1, -0.05) is 0 Å². The Bertz CT molecular complexity index is 891. The number of oxazole rings is 1. The first-order valence-corrected chi connectivity index (χ1v) is 8.11. The molecule has 0 aliphatic heterocycles. The molecule has 104 valence electrons. The Morgan fingerprint density at radius 2 is 2.15 bits per heavy atom. The van der Waals surface area contributed by atoms with Crippen LogP contribution >= 0.6 is 11.3 Å². The lowest BCUT2D eigenvalue weighted by molar-refractivity contribution is 0.553. The smallest absolute Gasteiger partial charge is 0.408 e. The van der Waals surface area contributed by atoms with Crippen molar-refractivity contribution in [3.05, 3.63) is 51.1 Å². The van der Waals surface area contributed by atoms with Gasteiger partial charge in [-0.2, -0.15) is 11.3 Å². The first-order valence-electron chi connectivity index (χ1n) is 5.68. The Morgan fingerprint density at radius 1 is 1.30 bits per heavy atom. The molecule has 1 aromatic carbocycles. The molecule has 0 saturated carbocycles. The summed E-state index contributed by atoms with van der Waals surface area (Å²) < 4.78 is 31.6. The van der Waals surface area contributed by atoms with E-state index in [1.807, 2.05) is 16.8 Å². The van der Waals surface area contributed by atoms with Gasteiger partial charge in [0.25, 0.3) is 0 Å². The molecule has 3 rings (SSSR count). The number of benzene rings is 1. The number of aromatic nitrogens is 1. The quantitative estimate of drug-likeness (QED) is 0.766. The summed E-state index contributed by atoms with van der Waals surface area (Å²) in [5, 5.41) is 3.75. The summed E-state index contributed by atoms with van der Waals surface area (Å²) in [4.78, 5) is 13.6. The number of hydrogen-bond donors (Lipinski definition) is 2. The first-order chi connectivity index (χ1) is 9.54. The lowest BCUT2D eigenvalue weighted by atomic mass is 10.3. The number of aromatic amines is 1. The standard InChI is InChI=1S/C12H10N2O4S2/c15-12-14-10-2-1-9(5-11(10)18-12)20(16,17)13-6-8-3-4-19-7-8/h1-5,7,13H,6H2,(H,14,15).